The van der Waals surface area contributed by atoms with Crippen molar-refractivity contribution < 1.29 is 9.47 Å². The first kappa shape index (κ1) is 24.0. The molecule has 0 aliphatic carbocycles. The third-order valence-electron chi connectivity index (χ3n) is 4.72. The highest BCUT2D eigenvalue weighted by Gasteiger charge is 2.19. The number of nitrogens with one attached hydrogen (secondary N) is 2. The van der Waals surface area contributed by atoms with Gasteiger partial charge in [0.1, 0.15) is 5.75 Å². The predicted octanol–water partition coefficient (Wildman–Crippen LogP) is 2.73. The van der Waals surface area contributed by atoms with Crippen LogP contribution in [0.2, 0.25) is 0 Å². The number of ether oxygens (including phenoxy) is 2. The van der Waals surface area contributed by atoms with Gasteiger partial charge in [-0.3, -0.25) is 9.89 Å². The topological polar surface area (TPSA) is 58.1 Å². The van der Waals surface area contributed by atoms with E-state index in [4.69, 9.17) is 14.5 Å². The molecule has 7 heteroatoms. The molecular formula is C20H35IN4O2. The van der Waals surface area contributed by atoms with E-state index in [1.807, 2.05) is 12.1 Å². The first-order valence-corrected chi connectivity index (χ1v) is 9.61. The number of piperidine rings is 1. The van der Waals surface area contributed by atoms with Gasteiger partial charge < -0.3 is 20.1 Å². The van der Waals surface area contributed by atoms with E-state index in [9.17, 15) is 0 Å². The van der Waals surface area contributed by atoms with E-state index >= 15 is 0 Å². The van der Waals surface area contributed by atoms with Crippen molar-refractivity contribution in [2.45, 2.75) is 26.3 Å². The number of hydrogen-bond donors (Lipinski definition) is 2. The van der Waals surface area contributed by atoms with Crippen molar-refractivity contribution in [3.63, 3.8) is 0 Å². The second kappa shape index (κ2) is 14.0. The maximum Gasteiger partial charge on any atom is 0.191 e. The number of aliphatic imine (C=N–C) groups is 1. The summed E-state index contributed by atoms with van der Waals surface area (Å²) in [6.45, 7) is 8.61. The fraction of sp³-hybridized carbons (Fsp3) is 0.650. The van der Waals surface area contributed by atoms with Gasteiger partial charge in [-0.05, 0) is 56.5 Å². The van der Waals surface area contributed by atoms with E-state index in [1.54, 1.807) is 14.2 Å². The van der Waals surface area contributed by atoms with Crippen molar-refractivity contribution in [3.8, 4) is 5.75 Å². The summed E-state index contributed by atoms with van der Waals surface area (Å²) in [5.74, 6) is 2.48. The summed E-state index contributed by atoms with van der Waals surface area (Å²) in [6.07, 6.45) is 2.41. The Hall–Kier alpha value is -1.06. The lowest BCUT2D eigenvalue weighted by Gasteiger charge is -2.31. The Morgan fingerprint density at radius 1 is 1.15 bits per heavy atom. The number of rotatable bonds is 9. The molecule has 1 heterocycles. The number of benzene rings is 1. The van der Waals surface area contributed by atoms with Crippen LogP contribution >= 0.6 is 24.0 Å². The summed E-state index contributed by atoms with van der Waals surface area (Å²) in [5.41, 5.74) is 1.35. The van der Waals surface area contributed by atoms with Gasteiger partial charge in [0.05, 0.1) is 13.7 Å². The number of nitrogens with zero attached hydrogens (tertiary/aromatic N) is 2. The van der Waals surface area contributed by atoms with E-state index < -0.39 is 0 Å². The average molecular weight is 490 g/mol. The molecule has 6 nitrogen and oxygen atoms in total. The van der Waals surface area contributed by atoms with Crippen LogP contribution in [0.25, 0.3) is 0 Å². The summed E-state index contributed by atoms with van der Waals surface area (Å²) in [7, 11) is 3.42. The van der Waals surface area contributed by atoms with Crippen molar-refractivity contribution in [2.24, 2.45) is 10.9 Å². The highest BCUT2D eigenvalue weighted by atomic mass is 127. The molecule has 0 bridgehead atoms. The molecule has 0 radical (unpaired) electrons. The fourth-order valence-electron chi connectivity index (χ4n) is 3.15. The molecule has 1 aliphatic heterocycles. The molecule has 1 aliphatic rings. The summed E-state index contributed by atoms with van der Waals surface area (Å²) >= 11 is 0. The Labute approximate surface area is 181 Å². The smallest absolute Gasteiger partial charge is 0.191 e. The Bertz CT molecular complexity index is 531. The highest BCUT2D eigenvalue weighted by molar-refractivity contribution is 14.0. The Morgan fingerprint density at radius 2 is 1.85 bits per heavy atom. The zero-order chi connectivity index (χ0) is 18.6. The first-order valence-electron chi connectivity index (χ1n) is 9.61. The molecule has 27 heavy (non-hydrogen) atoms. The molecule has 1 fully saturated rings. The molecule has 154 valence electrons. The molecule has 0 atom stereocenters. The van der Waals surface area contributed by atoms with Crippen molar-refractivity contribution in [1.82, 2.24) is 15.5 Å². The molecular weight excluding hydrogens is 455 g/mol. The minimum Gasteiger partial charge on any atom is -0.497 e. The normalized spacial score (nSPS) is 15.9. The molecule has 1 saturated heterocycles. The van der Waals surface area contributed by atoms with Crippen molar-refractivity contribution in [3.05, 3.63) is 29.8 Å². The molecule has 1 aromatic carbocycles. The van der Waals surface area contributed by atoms with E-state index in [1.165, 1.54) is 18.4 Å². The van der Waals surface area contributed by atoms with Crippen LogP contribution in [0, 0.1) is 5.92 Å². The van der Waals surface area contributed by atoms with E-state index in [0.29, 0.717) is 12.5 Å². The standard InChI is InChI=1S/C20H34N4O2.HI/c1-4-21-20(22-11-14-25-2)23-15-17-9-12-24(13-10-17)16-18-5-7-19(26-3)8-6-18;/h5-8,17H,4,9-16H2,1-3H3,(H2,21,22,23);1H. The van der Waals surface area contributed by atoms with Crippen LogP contribution in [0.3, 0.4) is 0 Å². The zero-order valence-electron chi connectivity index (χ0n) is 16.9. The maximum atomic E-state index is 5.22. The molecule has 2 N–H and O–H groups in total. The number of methoxy groups -OCH3 is 2. The second-order valence-corrected chi connectivity index (χ2v) is 6.71. The minimum atomic E-state index is 0. The lowest BCUT2D eigenvalue weighted by atomic mass is 9.96. The minimum absolute atomic E-state index is 0. The van der Waals surface area contributed by atoms with Crippen LogP contribution in [-0.2, 0) is 11.3 Å². The lowest BCUT2D eigenvalue weighted by molar-refractivity contribution is 0.180. The zero-order valence-corrected chi connectivity index (χ0v) is 19.2. The lowest BCUT2D eigenvalue weighted by Crippen LogP contribution is -2.40. The molecule has 1 aromatic rings. The number of guanidine groups is 1. The van der Waals surface area contributed by atoms with Gasteiger partial charge in [0.15, 0.2) is 5.96 Å². The van der Waals surface area contributed by atoms with Gasteiger partial charge in [0.2, 0.25) is 0 Å². The molecule has 0 aromatic heterocycles. The molecule has 0 spiro atoms. The van der Waals surface area contributed by atoms with Gasteiger partial charge in [-0.2, -0.15) is 0 Å². The van der Waals surface area contributed by atoms with Crippen LogP contribution < -0.4 is 15.4 Å². The van der Waals surface area contributed by atoms with Gasteiger partial charge in [-0.25, -0.2) is 0 Å². The van der Waals surface area contributed by atoms with Crippen LogP contribution in [0.5, 0.6) is 5.75 Å². The third-order valence-corrected chi connectivity index (χ3v) is 4.72. The maximum absolute atomic E-state index is 5.22. The monoisotopic (exact) mass is 490 g/mol. The van der Waals surface area contributed by atoms with Gasteiger partial charge in [0.25, 0.3) is 0 Å². The second-order valence-electron chi connectivity index (χ2n) is 6.71. The first-order chi connectivity index (χ1) is 12.7. The number of likely N-dealkylation sites (tertiary alicyclic amines) is 1. The molecule has 0 amide bonds. The predicted molar refractivity (Wildman–Crippen MR) is 122 cm³/mol. The van der Waals surface area contributed by atoms with E-state index in [2.05, 4.69) is 34.6 Å². The van der Waals surface area contributed by atoms with E-state index in [0.717, 1.165) is 51.0 Å². The Morgan fingerprint density at radius 3 is 2.44 bits per heavy atom. The van der Waals surface area contributed by atoms with Crippen molar-refractivity contribution in [1.29, 1.82) is 0 Å². The Kier molecular flexibility index (Phi) is 12.4. The van der Waals surface area contributed by atoms with Crippen LogP contribution in [0.15, 0.2) is 29.3 Å². The van der Waals surface area contributed by atoms with Crippen LogP contribution in [0.4, 0.5) is 0 Å². The van der Waals surface area contributed by atoms with Crippen molar-refractivity contribution in [2.75, 3.05) is 53.6 Å². The molecule has 2 rings (SSSR count). The van der Waals surface area contributed by atoms with Crippen LogP contribution in [0.1, 0.15) is 25.3 Å². The fourth-order valence-corrected chi connectivity index (χ4v) is 3.15. The van der Waals surface area contributed by atoms with Gasteiger partial charge in [-0.15, -0.1) is 24.0 Å². The molecule has 0 saturated carbocycles. The number of halogens is 1. The summed E-state index contributed by atoms with van der Waals surface area (Å²) in [6, 6.07) is 8.39. The summed E-state index contributed by atoms with van der Waals surface area (Å²) in [5, 5.41) is 6.60. The van der Waals surface area contributed by atoms with E-state index in [-0.39, 0.29) is 24.0 Å². The quantitative estimate of drug-likeness (QED) is 0.241. The highest BCUT2D eigenvalue weighted by Crippen LogP contribution is 2.20. The number of hydrogen-bond acceptors (Lipinski definition) is 4. The summed E-state index contributed by atoms with van der Waals surface area (Å²) in [4.78, 5) is 7.28. The van der Waals surface area contributed by atoms with Gasteiger partial charge in [0, 0.05) is 33.3 Å². The Balaban J connectivity index is 0.00000364. The third kappa shape index (κ3) is 9.12. The largest absolute Gasteiger partial charge is 0.497 e. The SMILES string of the molecule is CCNC(=NCC1CCN(Cc2ccc(OC)cc2)CC1)NCCOC.I. The van der Waals surface area contributed by atoms with Crippen molar-refractivity contribution >= 4 is 29.9 Å². The summed E-state index contributed by atoms with van der Waals surface area (Å²) < 4.78 is 10.3. The average Bonchev–Trinajstić information content (AvgIpc) is 2.68. The molecule has 0 unspecified atom stereocenters. The van der Waals surface area contributed by atoms with Crippen LogP contribution in [-0.4, -0.2) is 64.4 Å². The van der Waals surface area contributed by atoms with Gasteiger partial charge >= 0.3 is 0 Å². The van der Waals surface area contributed by atoms with Gasteiger partial charge in [-0.1, -0.05) is 12.1 Å².